The van der Waals surface area contributed by atoms with Crippen LogP contribution in [0.15, 0.2) is 12.2 Å². The third-order valence-corrected chi connectivity index (χ3v) is 3.33. The summed E-state index contributed by atoms with van der Waals surface area (Å²) in [6.45, 7) is 6.71. The number of unbranched alkanes of at least 4 members (excludes halogenated alkanes) is 1. The van der Waals surface area contributed by atoms with Gasteiger partial charge in [-0.15, -0.1) is 0 Å². The minimum atomic E-state index is -0.151. The fourth-order valence-electron chi connectivity index (χ4n) is 1.20. The molecule has 0 saturated carbocycles. The molecule has 2 atom stereocenters. The minimum absolute atomic E-state index is 0.108. The van der Waals surface area contributed by atoms with Gasteiger partial charge in [-0.1, -0.05) is 45.8 Å². The Balaban J connectivity index is 3.66. The first-order valence-electron chi connectivity index (χ1n) is 6.10. The lowest BCUT2D eigenvalue weighted by molar-refractivity contribution is -0.142. The van der Waals surface area contributed by atoms with E-state index in [0.29, 0.717) is 18.9 Å². The molecule has 0 aliphatic heterocycles. The molecule has 0 aromatic carbocycles. The van der Waals surface area contributed by atoms with E-state index in [4.69, 9.17) is 4.74 Å². The predicted octanol–water partition coefficient (Wildman–Crippen LogP) is 3.62. The molecule has 0 rings (SSSR count). The normalized spacial score (nSPS) is 15.0. The fraction of sp³-hybridized carbons (Fsp3) is 0.769. The first-order valence-corrected chi connectivity index (χ1v) is 6.62. The van der Waals surface area contributed by atoms with Crippen LogP contribution < -0.4 is 0 Å². The van der Waals surface area contributed by atoms with Crippen LogP contribution in [0.1, 0.15) is 46.5 Å². The van der Waals surface area contributed by atoms with Crippen molar-refractivity contribution in [3.8, 4) is 0 Å². The van der Waals surface area contributed by atoms with Crippen LogP contribution in [0, 0.1) is 5.92 Å². The molecule has 2 unspecified atom stereocenters. The Morgan fingerprint density at radius 3 is 2.62 bits per heavy atom. The smallest absolute Gasteiger partial charge is 0.307 e. The van der Waals surface area contributed by atoms with Crippen molar-refractivity contribution < 1.29 is 9.53 Å². The Labute approximate surface area is 105 Å². The lowest BCUT2D eigenvalue weighted by Crippen LogP contribution is -2.17. The summed E-state index contributed by atoms with van der Waals surface area (Å²) in [6, 6.07) is 0. The van der Waals surface area contributed by atoms with Gasteiger partial charge in [0.25, 0.3) is 0 Å². The Morgan fingerprint density at radius 1 is 1.38 bits per heavy atom. The summed E-state index contributed by atoms with van der Waals surface area (Å²) in [4.78, 5) is 11.4. The molecule has 3 heteroatoms. The number of carbonyl (C=O) groups excluding carboxylic acids is 1. The van der Waals surface area contributed by atoms with Crippen LogP contribution in [-0.4, -0.2) is 17.8 Å². The largest absolute Gasteiger partial charge is 0.461 e. The molecule has 0 aromatic rings. The summed E-state index contributed by atoms with van der Waals surface area (Å²) in [5.74, 6) is 0.299. The monoisotopic (exact) mass is 244 g/mol. The van der Waals surface area contributed by atoms with Crippen LogP contribution >= 0.6 is 12.6 Å². The lowest BCUT2D eigenvalue weighted by Gasteiger charge is -2.15. The second-order valence-electron chi connectivity index (χ2n) is 4.10. The Kier molecular flexibility index (Phi) is 9.49. The topological polar surface area (TPSA) is 26.3 Å². The molecular formula is C13H24O2S. The molecule has 2 nitrogen and oxygen atoms in total. The number of carbonyl (C=O) groups is 1. The second kappa shape index (κ2) is 9.76. The van der Waals surface area contributed by atoms with Crippen molar-refractivity contribution in [2.24, 2.45) is 5.92 Å². The highest BCUT2D eigenvalue weighted by Crippen LogP contribution is 2.17. The molecule has 0 aliphatic carbocycles. The van der Waals surface area contributed by atoms with E-state index < -0.39 is 0 Å². The van der Waals surface area contributed by atoms with Crippen molar-refractivity contribution in [1.29, 1.82) is 0 Å². The van der Waals surface area contributed by atoms with Gasteiger partial charge in [0.1, 0.15) is 6.61 Å². The molecular weight excluding hydrogens is 220 g/mol. The van der Waals surface area contributed by atoms with Gasteiger partial charge in [-0.3, -0.25) is 4.79 Å². The van der Waals surface area contributed by atoms with Gasteiger partial charge in [-0.05, 0) is 12.3 Å². The van der Waals surface area contributed by atoms with Crippen LogP contribution in [0.5, 0.6) is 0 Å². The van der Waals surface area contributed by atoms with Gasteiger partial charge in [-0.25, -0.2) is 0 Å². The van der Waals surface area contributed by atoms with Crippen molar-refractivity contribution in [2.45, 2.75) is 51.7 Å². The summed E-state index contributed by atoms with van der Waals surface area (Å²) in [5.41, 5.74) is 0. The average Bonchev–Trinajstić information content (AvgIpc) is 2.27. The van der Waals surface area contributed by atoms with E-state index in [9.17, 15) is 4.79 Å². The highest BCUT2D eigenvalue weighted by Gasteiger charge is 2.15. The molecule has 94 valence electrons. The van der Waals surface area contributed by atoms with Gasteiger partial charge in [0.15, 0.2) is 0 Å². The van der Waals surface area contributed by atoms with Crippen LogP contribution in [0.2, 0.25) is 0 Å². The van der Waals surface area contributed by atoms with Gasteiger partial charge < -0.3 is 4.74 Å². The molecule has 0 radical (unpaired) electrons. The van der Waals surface area contributed by atoms with E-state index in [1.165, 1.54) is 0 Å². The molecule has 0 heterocycles. The van der Waals surface area contributed by atoms with Gasteiger partial charge >= 0.3 is 5.97 Å². The van der Waals surface area contributed by atoms with Gasteiger partial charge in [-0.2, -0.15) is 12.6 Å². The standard InChI is InChI=1S/C13H24O2S/c1-4-6-7-8-9-15-13(14)10-12(16)11(3)5-2/h7-8,11-12,16H,4-6,9-10H2,1-3H3. The van der Waals surface area contributed by atoms with Crippen LogP contribution in [0.4, 0.5) is 0 Å². The Morgan fingerprint density at radius 2 is 2.06 bits per heavy atom. The lowest BCUT2D eigenvalue weighted by atomic mass is 10.0. The molecule has 0 bridgehead atoms. The molecule has 0 fully saturated rings. The summed E-state index contributed by atoms with van der Waals surface area (Å²) >= 11 is 4.40. The summed E-state index contributed by atoms with van der Waals surface area (Å²) < 4.78 is 5.08. The molecule has 0 amide bonds. The van der Waals surface area contributed by atoms with Crippen molar-refractivity contribution in [3.05, 3.63) is 12.2 Å². The molecule has 0 N–H and O–H groups in total. The Hall–Kier alpha value is -0.440. The maximum atomic E-state index is 11.4. The zero-order valence-corrected chi connectivity index (χ0v) is 11.5. The van der Waals surface area contributed by atoms with Crippen molar-refractivity contribution in [1.82, 2.24) is 0 Å². The summed E-state index contributed by atoms with van der Waals surface area (Å²) in [5, 5.41) is 0.108. The number of allylic oxidation sites excluding steroid dienone is 1. The molecule has 0 aliphatic rings. The number of ether oxygens (including phenoxy) is 1. The maximum absolute atomic E-state index is 11.4. The number of thiol groups is 1. The van der Waals surface area contributed by atoms with E-state index >= 15 is 0 Å². The first-order chi connectivity index (χ1) is 7.61. The highest BCUT2D eigenvalue weighted by molar-refractivity contribution is 7.81. The van der Waals surface area contributed by atoms with E-state index in [0.717, 1.165) is 19.3 Å². The maximum Gasteiger partial charge on any atom is 0.307 e. The predicted molar refractivity (Wildman–Crippen MR) is 71.9 cm³/mol. The first kappa shape index (κ1) is 15.6. The van der Waals surface area contributed by atoms with E-state index in [1.54, 1.807) is 0 Å². The van der Waals surface area contributed by atoms with Crippen molar-refractivity contribution >= 4 is 18.6 Å². The quantitative estimate of drug-likeness (QED) is 0.401. The van der Waals surface area contributed by atoms with Gasteiger partial charge in [0.05, 0.1) is 6.42 Å². The highest BCUT2D eigenvalue weighted by atomic mass is 32.1. The van der Waals surface area contributed by atoms with E-state index in [2.05, 4.69) is 33.4 Å². The zero-order chi connectivity index (χ0) is 12.4. The number of rotatable bonds is 8. The molecule has 0 aromatic heterocycles. The molecule has 0 saturated heterocycles. The SMILES string of the molecule is CCCC=CCOC(=O)CC(S)C(C)CC. The van der Waals surface area contributed by atoms with Crippen LogP contribution in [0.3, 0.4) is 0 Å². The third-order valence-electron chi connectivity index (χ3n) is 2.64. The van der Waals surface area contributed by atoms with Crippen LogP contribution in [-0.2, 0) is 9.53 Å². The number of esters is 1. The summed E-state index contributed by atoms with van der Waals surface area (Å²) in [6.07, 6.45) is 7.55. The van der Waals surface area contributed by atoms with Crippen molar-refractivity contribution in [3.63, 3.8) is 0 Å². The third kappa shape index (κ3) is 7.80. The fourth-order valence-corrected chi connectivity index (χ4v) is 1.56. The second-order valence-corrected chi connectivity index (χ2v) is 4.76. The summed E-state index contributed by atoms with van der Waals surface area (Å²) in [7, 11) is 0. The van der Waals surface area contributed by atoms with Crippen LogP contribution in [0.25, 0.3) is 0 Å². The zero-order valence-electron chi connectivity index (χ0n) is 10.6. The van der Waals surface area contributed by atoms with E-state index in [1.807, 2.05) is 12.2 Å². The molecule has 0 spiro atoms. The Bertz CT molecular complexity index is 214. The molecule has 16 heavy (non-hydrogen) atoms. The number of hydrogen-bond donors (Lipinski definition) is 1. The van der Waals surface area contributed by atoms with Gasteiger partial charge in [0, 0.05) is 5.25 Å². The van der Waals surface area contributed by atoms with E-state index in [-0.39, 0.29) is 11.2 Å². The van der Waals surface area contributed by atoms with Gasteiger partial charge in [0.2, 0.25) is 0 Å². The number of hydrogen-bond acceptors (Lipinski definition) is 3. The van der Waals surface area contributed by atoms with Crippen molar-refractivity contribution in [2.75, 3.05) is 6.61 Å². The average molecular weight is 244 g/mol. The minimum Gasteiger partial charge on any atom is -0.461 e.